The third-order valence-electron chi connectivity index (χ3n) is 3.68. The third kappa shape index (κ3) is 9.43. The van der Waals surface area contributed by atoms with Gasteiger partial charge in [0.05, 0.1) is 7.11 Å². The highest BCUT2D eigenvalue weighted by molar-refractivity contribution is 5.75. The van der Waals surface area contributed by atoms with Crippen LogP contribution < -0.4 is 10.6 Å². The lowest BCUT2D eigenvalue weighted by atomic mass is 9.98. The lowest BCUT2D eigenvalue weighted by Crippen LogP contribution is -2.50. The van der Waals surface area contributed by atoms with Crippen molar-refractivity contribution >= 4 is 12.1 Å². The Kier molecular flexibility index (Phi) is 9.88. The van der Waals surface area contributed by atoms with Crippen LogP contribution >= 0.6 is 0 Å². The smallest absolute Gasteiger partial charge is 0.407 e. The first-order valence-corrected chi connectivity index (χ1v) is 8.45. The maximum Gasteiger partial charge on any atom is 0.407 e. The molecule has 2 N–H and O–H groups in total. The summed E-state index contributed by atoms with van der Waals surface area (Å²) in [5.74, 6) is -0.0121. The Hall–Kier alpha value is -1.30. The van der Waals surface area contributed by atoms with Gasteiger partial charge in [-0.1, -0.05) is 33.6 Å². The molecule has 0 heterocycles. The number of hydrogen-bond acceptors (Lipinski definition) is 5. The van der Waals surface area contributed by atoms with Crippen LogP contribution in [0.1, 0.15) is 60.8 Å². The Bertz CT molecular complexity index is 366. The topological polar surface area (TPSA) is 76.7 Å². The number of nitrogens with one attached hydrogen (secondary N) is 2. The number of rotatable bonds is 9. The van der Waals surface area contributed by atoms with Crippen molar-refractivity contribution in [3.05, 3.63) is 0 Å². The third-order valence-corrected chi connectivity index (χ3v) is 3.68. The van der Waals surface area contributed by atoms with E-state index in [2.05, 4.69) is 24.5 Å². The average molecular weight is 330 g/mol. The quantitative estimate of drug-likeness (QED) is 0.636. The molecular formula is C17H34N2O4. The van der Waals surface area contributed by atoms with Gasteiger partial charge in [-0.3, -0.25) is 4.79 Å². The first-order valence-electron chi connectivity index (χ1n) is 8.45. The molecule has 0 bridgehead atoms. The number of alkyl carbamates (subject to hydrolysis) is 1. The fourth-order valence-corrected chi connectivity index (χ4v) is 2.14. The molecule has 136 valence electrons. The van der Waals surface area contributed by atoms with E-state index in [1.54, 1.807) is 0 Å². The molecule has 6 nitrogen and oxygen atoms in total. The van der Waals surface area contributed by atoms with Gasteiger partial charge < -0.3 is 20.1 Å². The van der Waals surface area contributed by atoms with Gasteiger partial charge in [-0.25, -0.2) is 4.79 Å². The van der Waals surface area contributed by atoms with Gasteiger partial charge in [-0.15, -0.1) is 0 Å². The van der Waals surface area contributed by atoms with Gasteiger partial charge in [0.1, 0.15) is 11.6 Å². The van der Waals surface area contributed by atoms with E-state index in [1.807, 2.05) is 27.7 Å². The molecule has 3 atom stereocenters. The molecule has 0 aromatic heterocycles. The van der Waals surface area contributed by atoms with Crippen LogP contribution in [0.4, 0.5) is 4.79 Å². The van der Waals surface area contributed by atoms with Gasteiger partial charge in [0.25, 0.3) is 0 Å². The monoisotopic (exact) mass is 330 g/mol. The predicted molar refractivity (Wildman–Crippen MR) is 91.3 cm³/mol. The molecule has 0 fully saturated rings. The number of ether oxygens (including phenoxy) is 2. The van der Waals surface area contributed by atoms with Crippen molar-refractivity contribution in [2.24, 2.45) is 5.92 Å². The van der Waals surface area contributed by atoms with Crippen molar-refractivity contribution in [2.75, 3.05) is 13.7 Å². The van der Waals surface area contributed by atoms with Crippen LogP contribution in [-0.4, -0.2) is 43.4 Å². The number of carbonyl (C=O) groups excluding carboxylic acids is 2. The number of hydrogen-bond donors (Lipinski definition) is 2. The van der Waals surface area contributed by atoms with Crippen molar-refractivity contribution < 1.29 is 19.1 Å². The zero-order valence-electron chi connectivity index (χ0n) is 15.7. The van der Waals surface area contributed by atoms with Gasteiger partial charge in [0, 0.05) is 12.6 Å². The zero-order chi connectivity index (χ0) is 18.0. The van der Waals surface area contributed by atoms with E-state index in [4.69, 9.17) is 9.47 Å². The van der Waals surface area contributed by atoms with Gasteiger partial charge in [-0.05, 0) is 33.1 Å². The molecule has 0 radical (unpaired) electrons. The van der Waals surface area contributed by atoms with E-state index in [1.165, 1.54) is 7.11 Å². The van der Waals surface area contributed by atoms with Crippen molar-refractivity contribution in [1.29, 1.82) is 0 Å². The first-order chi connectivity index (χ1) is 10.6. The summed E-state index contributed by atoms with van der Waals surface area (Å²) in [5.41, 5.74) is -0.533. The molecule has 0 aliphatic carbocycles. The van der Waals surface area contributed by atoms with E-state index < -0.39 is 11.7 Å². The normalized spacial score (nSPS) is 15.4. The van der Waals surface area contributed by atoms with Crippen LogP contribution in [0.3, 0.4) is 0 Å². The minimum Gasteiger partial charge on any atom is -0.468 e. The van der Waals surface area contributed by atoms with E-state index in [9.17, 15) is 9.59 Å². The summed E-state index contributed by atoms with van der Waals surface area (Å²) in [6.45, 7) is 12.1. The van der Waals surface area contributed by atoms with E-state index in [0.29, 0.717) is 13.0 Å². The van der Waals surface area contributed by atoms with Crippen LogP contribution in [0.25, 0.3) is 0 Å². The highest BCUT2D eigenvalue weighted by Crippen LogP contribution is 2.11. The molecule has 0 spiro atoms. The highest BCUT2D eigenvalue weighted by Gasteiger charge is 2.25. The zero-order valence-corrected chi connectivity index (χ0v) is 15.7. The number of carbonyl (C=O) groups is 2. The summed E-state index contributed by atoms with van der Waals surface area (Å²) < 4.78 is 10.1. The minimum atomic E-state index is -0.533. The molecule has 0 aromatic rings. The lowest BCUT2D eigenvalue weighted by molar-refractivity contribution is -0.143. The molecule has 6 heteroatoms. The molecule has 0 unspecified atom stereocenters. The van der Waals surface area contributed by atoms with Crippen LogP contribution in [0, 0.1) is 5.92 Å². The molecule has 1 amide bonds. The van der Waals surface area contributed by atoms with E-state index >= 15 is 0 Å². The predicted octanol–water partition coefficient (Wildman–Crippen LogP) is 2.86. The summed E-state index contributed by atoms with van der Waals surface area (Å²) >= 11 is 0. The van der Waals surface area contributed by atoms with Gasteiger partial charge >= 0.3 is 12.1 Å². The second-order valence-electron chi connectivity index (χ2n) is 6.91. The van der Waals surface area contributed by atoms with Gasteiger partial charge in [0.2, 0.25) is 0 Å². The second kappa shape index (κ2) is 10.5. The summed E-state index contributed by atoms with van der Waals surface area (Å²) in [6, 6.07) is -0.462. The molecule has 0 saturated heterocycles. The average Bonchev–Trinajstić information content (AvgIpc) is 2.46. The number of methoxy groups -OCH3 is 1. The first kappa shape index (κ1) is 21.7. The highest BCUT2D eigenvalue weighted by atomic mass is 16.6. The fourth-order valence-electron chi connectivity index (χ4n) is 2.14. The van der Waals surface area contributed by atoms with Crippen molar-refractivity contribution in [3.63, 3.8) is 0 Å². The second-order valence-corrected chi connectivity index (χ2v) is 6.91. The molecular weight excluding hydrogens is 296 g/mol. The maximum atomic E-state index is 12.0. The molecule has 0 rings (SSSR count). The standard InChI is InChI=1S/C17H34N2O4/c1-8-10-13(15(20)22-7)18-11-14(12(3)9-2)19-16(21)23-17(4,5)6/h12-14,18H,8-11H2,1-7H3,(H,19,21)/t12-,13-,14+/m0/s1. The number of amides is 1. The summed E-state index contributed by atoms with van der Waals surface area (Å²) in [7, 11) is 1.39. The Morgan fingerprint density at radius 3 is 2.22 bits per heavy atom. The fraction of sp³-hybridized carbons (Fsp3) is 0.882. The van der Waals surface area contributed by atoms with Crippen molar-refractivity contribution in [1.82, 2.24) is 10.6 Å². The molecule has 0 aliphatic heterocycles. The molecule has 0 aromatic carbocycles. The van der Waals surface area contributed by atoms with E-state index in [0.717, 1.165) is 12.8 Å². The van der Waals surface area contributed by atoms with Crippen molar-refractivity contribution in [3.8, 4) is 0 Å². The lowest BCUT2D eigenvalue weighted by Gasteiger charge is -2.28. The Morgan fingerprint density at radius 2 is 1.78 bits per heavy atom. The van der Waals surface area contributed by atoms with Gasteiger partial charge in [0.15, 0.2) is 0 Å². The van der Waals surface area contributed by atoms with Crippen molar-refractivity contribution in [2.45, 2.75) is 78.5 Å². The Balaban J connectivity index is 4.72. The van der Waals surface area contributed by atoms with Crippen LogP contribution in [-0.2, 0) is 14.3 Å². The van der Waals surface area contributed by atoms with Crippen LogP contribution in [0.5, 0.6) is 0 Å². The Labute approximate surface area is 140 Å². The SMILES string of the molecule is CCC[C@H](NC[C@@H](NC(=O)OC(C)(C)C)[C@@H](C)CC)C(=O)OC. The maximum absolute atomic E-state index is 12.0. The van der Waals surface area contributed by atoms with Crippen LogP contribution in [0.15, 0.2) is 0 Å². The van der Waals surface area contributed by atoms with E-state index in [-0.39, 0.29) is 24.0 Å². The largest absolute Gasteiger partial charge is 0.468 e. The molecule has 23 heavy (non-hydrogen) atoms. The van der Waals surface area contributed by atoms with Crippen LogP contribution in [0.2, 0.25) is 0 Å². The molecule has 0 saturated carbocycles. The summed E-state index contributed by atoms with van der Waals surface area (Å²) in [6.07, 6.45) is 2.06. The minimum absolute atomic E-state index is 0.112. The summed E-state index contributed by atoms with van der Waals surface area (Å²) in [4.78, 5) is 23.8. The Morgan fingerprint density at radius 1 is 1.17 bits per heavy atom. The van der Waals surface area contributed by atoms with Gasteiger partial charge in [-0.2, -0.15) is 0 Å². The summed E-state index contributed by atoms with van der Waals surface area (Å²) in [5, 5.41) is 6.11. The molecule has 0 aliphatic rings. The number of esters is 1.